The molecule has 1 aromatic carbocycles. The van der Waals surface area contributed by atoms with E-state index in [4.69, 9.17) is 0 Å². The third-order valence-corrected chi connectivity index (χ3v) is 6.65. The Balaban J connectivity index is 1.87. The molecule has 1 aliphatic carbocycles. The first kappa shape index (κ1) is 15.1. The third kappa shape index (κ3) is 2.21. The van der Waals surface area contributed by atoms with Crippen LogP contribution in [0.5, 0.6) is 0 Å². The number of hydrogen-bond acceptors (Lipinski definition) is 4. The van der Waals surface area contributed by atoms with Gasteiger partial charge in [0.2, 0.25) is 0 Å². The lowest BCUT2D eigenvalue weighted by Crippen LogP contribution is -2.59. The molecule has 3 unspecified atom stereocenters. The van der Waals surface area contributed by atoms with E-state index in [2.05, 4.69) is 37.4 Å². The molecule has 2 N–H and O–H groups in total. The molecule has 5 heteroatoms. The Kier molecular flexibility index (Phi) is 3.46. The predicted octanol–water partition coefficient (Wildman–Crippen LogP) is 2.19. The molecule has 0 spiro atoms. The highest BCUT2D eigenvalue weighted by molar-refractivity contribution is 7.99. The van der Waals surface area contributed by atoms with Crippen molar-refractivity contribution in [3.05, 3.63) is 41.0 Å². The lowest BCUT2D eigenvalue weighted by Gasteiger charge is -2.48. The lowest BCUT2D eigenvalue weighted by molar-refractivity contribution is -0.131. The Morgan fingerprint density at radius 2 is 2.22 bits per heavy atom. The van der Waals surface area contributed by atoms with Crippen LogP contribution in [0.1, 0.15) is 31.4 Å². The zero-order valence-corrected chi connectivity index (χ0v) is 14.3. The molecule has 4 rings (SSSR count). The third-order valence-electron chi connectivity index (χ3n) is 5.38. The van der Waals surface area contributed by atoms with Gasteiger partial charge in [-0.1, -0.05) is 38.1 Å². The smallest absolute Gasteiger partial charge is 0.254 e. The minimum Gasteiger partial charge on any atom is -0.390 e. The van der Waals surface area contributed by atoms with Gasteiger partial charge in [0.05, 0.1) is 18.3 Å². The van der Waals surface area contributed by atoms with E-state index in [9.17, 15) is 9.90 Å². The van der Waals surface area contributed by atoms with Crippen molar-refractivity contribution in [1.29, 1.82) is 0 Å². The van der Waals surface area contributed by atoms with Gasteiger partial charge < -0.3 is 15.3 Å². The maximum atomic E-state index is 13.2. The van der Waals surface area contributed by atoms with Gasteiger partial charge in [0.25, 0.3) is 5.91 Å². The van der Waals surface area contributed by atoms with Gasteiger partial charge in [-0.2, -0.15) is 0 Å². The fourth-order valence-electron chi connectivity index (χ4n) is 3.92. The number of thioether (sulfide) groups is 1. The van der Waals surface area contributed by atoms with Gasteiger partial charge in [-0.3, -0.25) is 4.79 Å². The molecule has 0 aromatic heterocycles. The molecule has 1 fully saturated rings. The van der Waals surface area contributed by atoms with Gasteiger partial charge in [0.15, 0.2) is 5.50 Å². The first-order chi connectivity index (χ1) is 11.0. The molecule has 1 amide bonds. The molecule has 1 aromatic rings. The largest absolute Gasteiger partial charge is 0.390 e. The monoisotopic (exact) mass is 330 g/mol. The second kappa shape index (κ2) is 5.28. The highest BCUT2D eigenvalue weighted by Gasteiger charge is 2.47. The number of aliphatic hydroxyl groups is 1. The van der Waals surface area contributed by atoms with E-state index in [1.807, 2.05) is 6.07 Å². The quantitative estimate of drug-likeness (QED) is 0.829. The Bertz CT molecular complexity index is 702. The second-order valence-electron chi connectivity index (χ2n) is 6.94. The van der Waals surface area contributed by atoms with Crippen LogP contribution in [0.25, 0.3) is 5.70 Å². The van der Waals surface area contributed by atoms with Crippen molar-refractivity contribution in [2.45, 2.75) is 38.3 Å². The van der Waals surface area contributed by atoms with E-state index in [1.165, 1.54) is 5.56 Å². The molecule has 2 aliphatic heterocycles. The summed E-state index contributed by atoms with van der Waals surface area (Å²) in [5.74, 6) is 0.755. The normalized spacial score (nSPS) is 32.8. The summed E-state index contributed by atoms with van der Waals surface area (Å²) in [5, 5.41) is 13.5. The average Bonchev–Trinajstić information content (AvgIpc) is 2.55. The Hall–Kier alpha value is -1.46. The molecular weight excluding hydrogens is 308 g/mol. The predicted molar refractivity (Wildman–Crippen MR) is 92.6 cm³/mol. The van der Waals surface area contributed by atoms with Crippen LogP contribution in [0.3, 0.4) is 0 Å². The van der Waals surface area contributed by atoms with E-state index in [1.54, 1.807) is 16.7 Å². The van der Waals surface area contributed by atoms with E-state index in [0.717, 1.165) is 29.7 Å². The molecule has 23 heavy (non-hydrogen) atoms. The molecule has 3 aliphatic rings. The van der Waals surface area contributed by atoms with Crippen LogP contribution in [-0.2, 0) is 11.2 Å². The first-order valence-corrected chi connectivity index (χ1v) is 9.28. The molecule has 122 valence electrons. The number of benzene rings is 1. The standard InChI is InChI=1S/C18H22N2O2S/c1-3-18(2)8-11-6-4-5-7-13(11)15-14(18)16(22)20-9-12(21)10-23-17(20)19-15/h4-7,12,17,19,21H,3,8-10H2,1-2H3. The van der Waals surface area contributed by atoms with Crippen molar-refractivity contribution < 1.29 is 9.90 Å². The highest BCUT2D eigenvalue weighted by atomic mass is 32.2. The number of rotatable bonds is 1. The van der Waals surface area contributed by atoms with Crippen LogP contribution in [0.15, 0.2) is 29.8 Å². The molecule has 4 nitrogen and oxygen atoms in total. The van der Waals surface area contributed by atoms with Crippen molar-refractivity contribution in [3.8, 4) is 0 Å². The highest BCUT2D eigenvalue weighted by Crippen LogP contribution is 2.47. The van der Waals surface area contributed by atoms with Crippen molar-refractivity contribution in [2.24, 2.45) is 5.41 Å². The van der Waals surface area contributed by atoms with Gasteiger partial charge in [-0.15, -0.1) is 11.8 Å². The number of amides is 1. The molecule has 0 radical (unpaired) electrons. The molecule has 0 saturated carbocycles. The Labute approximate surface area is 140 Å². The van der Waals surface area contributed by atoms with E-state index in [-0.39, 0.29) is 16.8 Å². The van der Waals surface area contributed by atoms with Crippen molar-refractivity contribution >= 4 is 23.4 Å². The van der Waals surface area contributed by atoms with Gasteiger partial charge in [-0.05, 0) is 18.4 Å². The van der Waals surface area contributed by atoms with Crippen molar-refractivity contribution in [3.63, 3.8) is 0 Å². The fourth-order valence-corrected chi connectivity index (χ4v) is 5.00. The maximum absolute atomic E-state index is 13.2. The minimum atomic E-state index is -0.437. The number of nitrogens with one attached hydrogen (secondary N) is 1. The zero-order valence-electron chi connectivity index (χ0n) is 13.5. The van der Waals surface area contributed by atoms with Crippen molar-refractivity contribution in [1.82, 2.24) is 10.2 Å². The van der Waals surface area contributed by atoms with Gasteiger partial charge >= 0.3 is 0 Å². The summed E-state index contributed by atoms with van der Waals surface area (Å²) in [6.07, 6.45) is 1.37. The SMILES string of the molecule is CCC1(C)Cc2ccccc2C2=C1C(=O)N1CC(O)CSC1N2. The zero-order chi connectivity index (χ0) is 16.2. The number of fused-ring (bicyclic) bond motifs is 3. The Morgan fingerprint density at radius 3 is 3.00 bits per heavy atom. The van der Waals surface area contributed by atoms with E-state index >= 15 is 0 Å². The molecule has 2 heterocycles. The maximum Gasteiger partial charge on any atom is 0.254 e. The van der Waals surface area contributed by atoms with Gasteiger partial charge in [0, 0.05) is 22.3 Å². The van der Waals surface area contributed by atoms with E-state index in [0.29, 0.717) is 12.3 Å². The summed E-state index contributed by atoms with van der Waals surface area (Å²) >= 11 is 1.61. The van der Waals surface area contributed by atoms with Crippen LogP contribution in [0, 0.1) is 5.41 Å². The summed E-state index contributed by atoms with van der Waals surface area (Å²) in [4.78, 5) is 15.0. The van der Waals surface area contributed by atoms with Crippen LogP contribution in [0.4, 0.5) is 0 Å². The van der Waals surface area contributed by atoms with Crippen LogP contribution in [0.2, 0.25) is 0 Å². The molecule has 0 bridgehead atoms. The number of aliphatic hydroxyl groups excluding tert-OH is 1. The molecular formula is C18H22N2O2S. The second-order valence-corrected chi connectivity index (χ2v) is 8.05. The molecule has 1 saturated heterocycles. The van der Waals surface area contributed by atoms with Gasteiger partial charge in [0.1, 0.15) is 0 Å². The summed E-state index contributed by atoms with van der Waals surface area (Å²) in [6, 6.07) is 8.39. The average molecular weight is 330 g/mol. The summed E-state index contributed by atoms with van der Waals surface area (Å²) < 4.78 is 0. The van der Waals surface area contributed by atoms with Crippen LogP contribution >= 0.6 is 11.8 Å². The van der Waals surface area contributed by atoms with Crippen molar-refractivity contribution in [2.75, 3.05) is 12.3 Å². The summed E-state index contributed by atoms with van der Waals surface area (Å²) in [7, 11) is 0. The van der Waals surface area contributed by atoms with E-state index < -0.39 is 6.10 Å². The first-order valence-electron chi connectivity index (χ1n) is 8.24. The fraction of sp³-hybridized carbons (Fsp3) is 0.500. The number of carbonyl (C=O) groups is 1. The lowest BCUT2D eigenvalue weighted by atomic mass is 9.68. The summed E-state index contributed by atoms with van der Waals surface area (Å²) in [5.41, 5.74) is 4.14. The topological polar surface area (TPSA) is 52.6 Å². The van der Waals surface area contributed by atoms with Crippen LogP contribution in [-0.4, -0.2) is 39.8 Å². The van der Waals surface area contributed by atoms with Gasteiger partial charge in [-0.25, -0.2) is 0 Å². The number of hydrogen-bond donors (Lipinski definition) is 2. The molecule has 3 atom stereocenters. The Morgan fingerprint density at radius 1 is 1.43 bits per heavy atom. The number of carbonyl (C=O) groups excluding carboxylic acids is 1. The number of nitrogens with zero attached hydrogens (tertiary/aromatic N) is 1. The summed E-state index contributed by atoms with van der Waals surface area (Å²) in [6.45, 7) is 4.76. The van der Waals surface area contributed by atoms with Crippen LogP contribution < -0.4 is 5.32 Å². The minimum absolute atomic E-state index is 0.0723.